The second-order valence-corrected chi connectivity index (χ2v) is 2.55. The van der Waals surface area contributed by atoms with Gasteiger partial charge in [0.05, 0.1) is 0 Å². The van der Waals surface area contributed by atoms with Crippen LogP contribution in [0.5, 0.6) is 0 Å². The van der Waals surface area contributed by atoms with Crippen LogP contribution in [-0.4, -0.2) is 4.57 Å². The van der Waals surface area contributed by atoms with Gasteiger partial charge in [-0.25, -0.2) is 4.39 Å². The minimum atomic E-state index is -0.302. The van der Waals surface area contributed by atoms with Crippen LogP contribution in [0.25, 0.3) is 10.9 Å². The summed E-state index contributed by atoms with van der Waals surface area (Å²) in [5.41, 5.74) is 1.01. The van der Waals surface area contributed by atoms with Crippen LogP contribution in [0.1, 0.15) is 0 Å². The van der Waals surface area contributed by atoms with Gasteiger partial charge in [0.2, 0.25) is 0 Å². The lowest BCUT2D eigenvalue weighted by atomic mass is 10.2. The van der Waals surface area contributed by atoms with Gasteiger partial charge in [0.15, 0.2) is 0 Å². The average Bonchev–Trinajstić information content (AvgIpc) is 2.32. The third-order valence-electron chi connectivity index (χ3n) is 1.78. The summed E-state index contributed by atoms with van der Waals surface area (Å²) in [6.07, 6.45) is 1.90. The highest BCUT2D eigenvalue weighted by atomic mass is 19.1. The molecule has 0 atom stereocenters. The Balaban J connectivity index is 2.86. The zero-order chi connectivity index (χ0) is 7.84. The summed E-state index contributed by atoms with van der Waals surface area (Å²) in [6, 6.07) is 7.53. The van der Waals surface area contributed by atoms with Crippen LogP contribution in [0.2, 0.25) is 0 Å². The van der Waals surface area contributed by atoms with Crippen LogP contribution in [0.15, 0.2) is 24.4 Å². The Morgan fingerprint density at radius 1 is 1.55 bits per heavy atom. The van der Waals surface area contributed by atoms with E-state index in [1.54, 1.807) is 6.07 Å². The first-order valence-corrected chi connectivity index (χ1v) is 3.39. The third-order valence-corrected chi connectivity index (χ3v) is 1.78. The Morgan fingerprint density at radius 2 is 2.36 bits per heavy atom. The molecule has 0 aliphatic heterocycles. The van der Waals surface area contributed by atoms with Crippen molar-refractivity contribution in [1.82, 2.24) is 4.57 Å². The highest BCUT2D eigenvalue weighted by Crippen LogP contribution is 2.14. The Hall–Kier alpha value is -1.31. The molecule has 1 aromatic heterocycles. The quantitative estimate of drug-likeness (QED) is 0.539. The zero-order valence-electron chi connectivity index (χ0n) is 6.13. The van der Waals surface area contributed by atoms with Crippen molar-refractivity contribution in [3.05, 3.63) is 36.3 Å². The molecule has 2 aromatic rings. The van der Waals surface area contributed by atoms with E-state index in [0.717, 1.165) is 10.9 Å². The molecule has 0 N–H and O–H groups in total. The van der Waals surface area contributed by atoms with Crippen LogP contribution < -0.4 is 0 Å². The van der Waals surface area contributed by atoms with Gasteiger partial charge in [-0.3, -0.25) is 0 Å². The lowest BCUT2D eigenvalue weighted by molar-refractivity contribution is 0.627. The van der Waals surface area contributed by atoms with Gasteiger partial charge in [-0.2, -0.15) is 0 Å². The molecule has 0 saturated heterocycles. The summed E-state index contributed by atoms with van der Waals surface area (Å²) in [6.45, 7) is 0. The molecule has 1 nitrogen and oxygen atoms in total. The molecule has 2 heteroatoms. The van der Waals surface area contributed by atoms with Gasteiger partial charge in [-0.15, -0.1) is 0 Å². The standard InChI is InChI=1S/C9H7FN/c1-11-5-4-7-6-8(10)2-3-9(7)11/h3-6H,1H3. The molecule has 1 radical (unpaired) electrons. The Labute approximate surface area is 64.1 Å². The second kappa shape index (κ2) is 2.09. The highest BCUT2D eigenvalue weighted by molar-refractivity contribution is 5.79. The minimum absolute atomic E-state index is 0.302. The van der Waals surface area contributed by atoms with Crippen molar-refractivity contribution in [2.24, 2.45) is 7.05 Å². The summed E-state index contributed by atoms with van der Waals surface area (Å²) >= 11 is 0. The molecule has 0 aliphatic carbocycles. The first kappa shape index (κ1) is 6.40. The predicted octanol–water partition coefficient (Wildman–Crippen LogP) is 2.12. The fourth-order valence-corrected chi connectivity index (χ4v) is 1.18. The third kappa shape index (κ3) is 0.909. The van der Waals surface area contributed by atoms with E-state index in [4.69, 9.17) is 0 Å². The SMILES string of the molecule is Cn1ccc2cc(F)[c]cc21. The Bertz CT molecular complexity index is 389. The molecule has 0 unspecified atom stereocenters. The van der Waals surface area contributed by atoms with Gasteiger partial charge < -0.3 is 4.57 Å². The van der Waals surface area contributed by atoms with Crippen LogP contribution in [0.4, 0.5) is 4.39 Å². The lowest BCUT2D eigenvalue weighted by Crippen LogP contribution is -1.83. The van der Waals surface area contributed by atoms with E-state index in [2.05, 4.69) is 6.07 Å². The van der Waals surface area contributed by atoms with Crippen molar-refractivity contribution < 1.29 is 4.39 Å². The van der Waals surface area contributed by atoms with E-state index in [1.165, 1.54) is 6.07 Å². The van der Waals surface area contributed by atoms with E-state index in [9.17, 15) is 4.39 Å². The van der Waals surface area contributed by atoms with Crippen molar-refractivity contribution >= 4 is 10.9 Å². The summed E-state index contributed by atoms with van der Waals surface area (Å²) in [5.74, 6) is -0.302. The maximum absolute atomic E-state index is 12.6. The van der Waals surface area contributed by atoms with Crippen LogP contribution in [-0.2, 0) is 7.05 Å². The number of aryl methyl sites for hydroxylation is 1. The number of fused-ring (bicyclic) bond motifs is 1. The molecule has 1 heterocycles. The molecular weight excluding hydrogens is 141 g/mol. The summed E-state index contributed by atoms with van der Waals surface area (Å²) in [5, 5.41) is 0.920. The molecule has 0 spiro atoms. The monoisotopic (exact) mass is 148 g/mol. The highest BCUT2D eigenvalue weighted by Gasteiger charge is 1.97. The largest absolute Gasteiger partial charge is 0.351 e. The topological polar surface area (TPSA) is 4.93 Å². The summed E-state index contributed by atoms with van der Waals surface area (Å²) in [7, 11) is 1.92. The lowest BCUT2D eigenvalue weighted by Gasteiger charge is -1.93. The second-order valence-electron chi connectivity index (χ2n) is 2.55. The first-order chi connectivity index (χ1) is 5.27. The first-order valence-electron chi connectivity index (χ1n) is 3.39. The summed E-state index contributed by atoms with van der Waals surface area (Å²) < 4.78 is 14.5. The van der Waals surface area contributed by atoms with Crippen molar-refractivity contribution in [3.8, 4) is 0 Å². The van der Waals surface area contributed by atoms with Gasteiger partial charge in [-0.05, 0) is 18.2 Å². The van der Waals surface area contributed by atoms with Gasteiger partial charge in [0.1, 0.15) is 5.82 Å². The van der Waals surface area contributed by atoms with Gasteiger partial charge >= 0.3 is 0 Å². The zero-order valence-corrected chi connectivity index (χ0v) is 6.13. The van der Waals surface area contributed by atoms with E-state index in [1.807, 2.05) is 23.9 Å². The van der Waals surface area contributed by atoms with Crippen LogP contribution >= 0.6 is 0 Å². The molecule has 0 fully saturated rings. The average molecular weight is 148 g/mol. The number of nitrogens with zero attached hydrogens (tertiary/aromatic N) is 1. The molecule has 2 rings (SSSR count). The number of hydrogen-bond acceptors (Lipinski definition) is 0. The van der Waals surface area contributed by atoms with Gasteiger partial charge in [-0.1, -0.05) is 0 Å². The number of rotatable bonds is 0. The van der Waals surface area contributed by atoms with Crippen molar-refractivity contribution in [3.63, 3.8) is 0 Å². The molecular formula is C9H7FN. The maximum Gasteiger partial charge on any atom is 0.131 e. The van der Waals surface area contributed by atoms with Crippen LogP contribution in [0, 0.1) is 11.9 Å². The normalized spacial score (nSPS) is 10.7. The molecule has 0 bridgehead atoms. The molecule has 0 saturated carbocycles. The number of hydrogen-bond donors (Lipinski definition) is 0. The van der Waals surface area contributed by atoms with E-state index in [-0.39, 0.29) is 5.82 Å². The van der Waals surface area contributed by atoms with Crippen LogP contribution in [0.3, 0.4) is 0 Å². The Kier molecular flexibility index (Phi) is 1.22. The smallest absolute Gasteiger partial charge is 0.131 e. The molecule has 11 heavy (non-hydrogen) atoms. The fourth-order valence-electron chi connectivity index (χ4n) is 1.18. The van der Waals surface area contributed by atoms with E-state index in [0.29, 0.717) is 0 Å². The van der Waals surface area contributed by atoms with Crippen molar-refractivity contribution in [2.45, 2.75) is 0 Å². The van der Waals surface area contributed by atoms with Gasteiger partial charge in [0, 0.05) is 30.2 Å². The Morgan fingerprint density at radius 3 is 3.18 bits per heavy atom. The number of aromatic nitrogens is 1. The molecule has 0 aliphatic rings. The van der Waals surface area contributed by atoms with E-state index >= 15 is 0 Å². The predicted molar refractivity (Wildman–Crippen MR) is 41.7 cm³/mol. The minimum Gasteiger partial charge on any atom is -0.351 e. The molecule has 1 aromatic carbocycles. The van der Waals surface area contributed by atoms with Gasteiger partial charge in [0.25, 0.3) is 0 Å². The maximum atomic E-state index is 12.6. The van der Waals surface area contributed by atoms with Crippen molar-refractivity contribution in [1.29, 1.82) is 0 Å². The summed E-state index contributed by atoms with van der Waals surface area (Å²) in [4.78, 5) is 0. The fraction of sp³-hybridized carbons (Fsp3) is 0.111. The molecule has 0 amide bonds. The van der Waals surface area contributed by atoms with E-state index < -0.39 is 0 Å². The number of halogens is 1. The number of benzene rings is 1. The van der Waals surface area contributed by atoms with Crippen molar-refractivity contribution in [2.75, 3.05) is 0 Å². The molecule has 55 valence electrons.